The number of nitrogens with zero attached hydrogens (tertiary/aromatic N) is 4. The van der Waals surface area contributed by atoms with Gasteiger partial charge in [-0.2, -0.15) is 0 Å². The lowest BCUT2D eigenvalue weighted by Crippen LogP contribution is -2.48. The van der Waals surface area contributed by atoms with E-state index in [1.54, 1.807) is 49.9 Å². The summed E-state index contributed by atoms with van der Waals surface area (Å²) in [5.41, 5.74) is -0.685. The van der Waals surface area contributed by atoms with Crippen LogP contribution in [0.25, 0.3) is 0 Å². The van der Waals surface area contributed by atoms with Gasteiger partial charge in [0, 0.05) is 43.9 Å². The molecule has 0 saturated carbocycles. The van der Waals surface area contributed by atoms with Crippen molar-refractivity contribution < 1.29 is 19.1 Å². The highest BCUT2D eigenvalue weighted by Gasteiger charge is 2.23. The van der Waals surface area contributed by atoms with Crippen molar-refractivity contribution in [2.45, 2.75) is 20.8 Å². The summed E-state index contributed by atoms with van der Waals surface area (Å²) in [5.74, 6) is 1.14. The molecule has 5 amide bonds. The first kappa shape index (κ1) is 23.9. The van der Waals surface area contributed by atoms with Crippen LogP contribution in [0.2, 0.25) is 0 Å². The first-order chi connectivity index (χ1) is 15.6. The van der Waals surface area contributed by atoms with Crippen LogP contribution in [0.3, 0.4) is 0 Å². The number of pyridine rings is 2. The Morgan fingerprint density at radius 3 is 2.30 bits per heavy atom. The van der Waals surface area contributed by atoms with Crippen LogP contribution in [0.1, 0.15) is 20.8 Å². The minimum Gasteiger partial charge on any atom is -0.456 e. The normalized spacial score (nSPS) is 14.4. The van der Waals surface area contributed by atoms with Gasteiger partial charge >= 0.3 is 12.1 Å². The molecule has 11 nitrogen and oxygen atoms in total. The van der Waals surface area contributed by atoms with Crippen LogP contribution in [-0.4, -0.2) is 71.0 Å². The Kier molecular flexibility index (Phi) is 7.44. The molecule has 1 saturated heterocycles. The van der Waals surface area contributed by atoms with Gasteiger partial charge in [-0.3, -0.25) is 20.7 Å². The van der Waals surface area contributed by atoms with Gasteiger partial charge in [0.15, 0.2) is 0 Å². The molecule has 176 valence electrons. The molecule has 0 unspecified atom stereocenters. The summed E-state index contributed by atoms with van der Waals surface area (Å²) in [4.78, 5) is 48.5. The van der Waals surface area contributed by atoms with Crippen LogP contribution in [-0.2, 0) is 4.79 Å². The quantitative estimate of drug-likeness (QED) is 0.646. The van der Waals surface area contributed by atoms with E-state index in [1.807, 2.05) is 7.05 Å². The van der Waals surface area contributed by atoms with E-state index in [1.165, 1.54) is 12.4 Å². The van der Waals surface area contributed by atoms with Gasteiger partial charge < -0.3 is 14.5 Å². The molecule has 11 heteroatoms. The lowest BCUT2D eigenvalue weighted by molar-refractivity contribution is -0.127. The predicted octanol–water partition coefficient (Wildman–Crippen LogP) is 2.74. The van der Waals surface area contributed by atoms with Crippen LogP contribution in [0.4, 0.5) is 21.2 Å². The Labute approximate surface area is 192 Å². The number of nitrogens with one attached hydrogen (secondary N) is 3. The van der Waals surface area contributed by atoms with E-state index in [4.69, 9.17) is 4.74 Å². The van der Waals surface area contributed by atoms with Crippen LogP contribution in [0.5, 0.6) is 11.5 Å². The lowest BCUT2D eigenvalue weighted by atomic mass is 9.96. The summed E-state index contributed by atoms with van der Waals surface area (Å²) < 4.78 is 5.77. The number of urea groups is 2. The number of hydrogen-bond acceptors (Lipinski definition) is 7. The van der Waals surface area contributed by atoms with Crippen molar-refractivity contribution in [3.05, 3.63) is 36.7 Å². The standard InChI is InChI=1S/C22H29N7O4/c1-22(2,3)19(30)27-20(31)25-17-6-5-16(14-24-17)33-15-7-8-23-18(13-15)26-21(32)29-11-9-28(4)10-12-29/h5-8,13-14H,9-12H2,1-4H3,(H,23,26,32)(H2,24,25,27,30,31). The fourth-order valence-corrected chi connectivity index (χ4v) is 2.83. The predicted molar refractivity (Wildman–Crippen MR) is 123 cm³/mol. The van der Waals surface area contributed by atoms with Crippen molar-refractivity contribution in [1.29, 1.82) is 0 Å². The first-order valence-electron chi connectivity index (χ1n) is 10.6. The van der Waals surface area contributed by atoms with Gasteiger partial charge in [-0.25, -0.2) is 19.6 Å². The third kappa shape index (κ3) is 7.14. The fraction of sp³-hybridized carbons (Fsp3) is 0.409. The number of rotatable bonds is 4. The second-order valence-corrected chi connectivity index (χ2v) is 8.74. The second kappa shape index (κ2) is 10.3. The number of piperazine rings is 1. The Hall–Kier alpha value is -3.73. The van der Waals surface area contributed by atoms with E-state index in [-0.39, 0.29) is 11.8 Å². The number of hydrogen-bond donors (Lipinski definition) is 3. The molecule has 0 aromatic carbocycles. The number of amides is 5. The van der Waals surface area contributed by atoms with Crippen molar-refractivity contribution in [1.82, 2.24) is 25.1 Å². The molecule has 3 rings (SSSR count). The lowest BCUT2D eigenvalue weighted by Gasteiger charge is -2.32. The van der Waals surface area contributed by atoms with Crippen molar-refractivity contribution in [2.75, 3.05) is 43.9 Å². The van der Waals surface area contributed by atoms with Crippen LogP contribution >= 0.6 is 0 Å². The van der Waals surface area contributed by atoms with Gasteiger partial charge in [0.05, 0.1) is 6.20 Å². The monoisotopic (exact) mass is 455 g/mol. The maximum Gasteiger partial charge on any atom is 0.327 e. The Bertz CT molecular complexity index is 997. The topological polar surface area (TPSA) is 129 Å². The molecule has 3 heterocycles. The molecular weight excluding hydrogens is 426 g/mol. The SMILES string of the molecule is CN1CCN(C(=O)Nc2cc(Oc3ccc(NC(=O)NC(=O)C(C)(C)C)nc3)ccn2)CC1. The van der Waals surface area contributed by atoms with Crippen molar-refractivity contribution in [2.24, 2.45) is 5.41 Å². The average Bonchev–Trinajstić information content (AvgIpc) is 2.75. The van der Waals surface area contributed by atoms with Crippen LogP contribution in [0, 0.1) is 5.41 Å². The number of imide groups is 1. The van der Waals surface area contributed by atoms with E-state index < -0.39 is 17.4 Å². The molecule has 0 radical (unpaired) electrons. The van der Waals surface area contributed by atoms with Crippen molar-refractivity contribution >= 4 is 29.6 Å². The number of likely N-dealkylation sites (N-methyl/N-ethyl adjacent to an activating group) is 1. The molecule has 1 fully saturated rings. The van der Waals surface area contributed by atoms with E-state index >= 15 is 0 Å². The zero-order valence-electron chi connectivity index (χ0n) is 19.2. The maximum atomic E-state index is 12.4. The van der Waals surface area contributed by atoms with Crippen LogP contribution < -0.4 is 20.7 Å². The summed E-state index contributed by atoms with van der Waals surface area (Å²) in [6, 6.07) is 5.58. The molecule has 2 aromatic heterocycles. The number of carbonyl (C=O) groups excluding carboxylic acids is 3. The number of anilines is 2. The minimum absolute atomic E-state index is 0.201. The smallest absolute Gasteiger partial charge is 0.327 e. The summed E-state index contributed by atoms with van der Waals surface area (Å²) >= 11 is 0. The number of aromatic nitrogens is 2. The highest BCUT2D eigenvalue weighted by atomic mass is 16.5. The molecule has 0 bridgehead atoms. The molecule has 3 N–H and O–H groups in total. The third-order valence-corrected chi connectivity index (χ3v) is 4.88. The number of ether oxygens (including phenoxy) is 1. The molecule has 2 aromatic rings. The van der Waals surface area contributed by atoms with E-state index in [2.05, 4.69) is 30.8 Å². The van der Waals surface area contributed by atoms with E-state index in [0.717, 1.165) is 13.1 Å². The molecule has 1 aliphatic heterocycles. The van der Waals surface area contributed by atoms with Crippen molar-refractivity contribution in [3.63, 3.8) is 0 Å². The summed E-state index contributed by atoms with van der Waals surface area (Å²) in [6.45, 7) is 8.11. The highest BCUT2D eigenvalue weighted by Crippen LogP contribution is 2.23. The number of carbonyl (C=O) groups is 3. The molecule has 33 heavy (non-hydrogen) atoms. The summed E-state index contributed by atoms with van der Waals surface area (Å²) in [5, 5.41) is 7.55. The van der Waals surface area contributed by atoms with Gasteiger partial charge in [-0.15, -0.1) is 0 Å². The fourth-order valence-electron chi connectivity index (χ4n) is 2.83. The third-order valence-electron chi connectivity index (χ3n) is 4.88. The Balaban J connectivity index is 1.54. The second-order valence-electron chi connectivity index (χ2n) is 8.74. The first-order valence-corrected chi connectivity index (χ1v) is 10.6. The molecule has 0 spiro atoms. The van der Waals surface area contributed by atoms with E-state index in [9.17, 15) is 14.4 Å². The Morgan fingerprint density at radius 1 is 0.939 bits per heavy atom. The minimum atomic E-state index is -0.685. The summed E-state index contributed by atoms with van der Waals surface area (Å²) in [7, 11) is 2.03. The van der Waals surface area contributed by atoms with E-state index in [0.29, 0.717) is 30.4 Å². The van der Waals surface area contributed by atoms with Gasteiger partial charge in [-0.05, 0) is 25.2 Å². The van der Waals surface area contributed by atoms with Gasteiger partial charge in [0.25, 0.3) is 0 Å². The molecular formula is C22H29N7O4. The molecule has 1 aliphatic rings. The molecule has 0 atom stereocenters. The highest BCUT2D eigenvalue weighted by molar-refractivity contribution is 6.02. The van der Waals surface area contributed by atoms with Crippen LogP contribution in [0.15, 0.2) is 36.7 Å². The van der Waals surface area contributed by atoms with Gasteiger partial charge in [0.1, 0.15) is 23.1 Å². The maximum absolute atomic E-state index is 12.4. The zero-order chi connectivity index (χ0) is 24.0. The zero-order valence-corrected chi connectivity index (χ0v) is 19.2. The summed E-state index contributed by atoms with van der Waals surface area (Å²) in [6.07, 6.45) is 2.97. The average molecular weight is 456 g/mol. The Morgan fingerprint density at radius 2 is 1.67 bits per heavy atom. The van der Waals surface area contributed by atoms with Gasteiger partial charge in [-0.1, -0.05) is 20.8 Å². The largest absolute Gasteiger partial charge is 0.456 e. The molecule has 0 aliphatic carbocycles. The van der Waals surface area contributed by atoms with Crippen molar-refractivity contribution in [3.8, 4) is 11.5 Å². The van der Waals surface area contributed by atoms with Gasteiger partial charge in [0.2, 0.25) is 5.91 Å².